The van der Waals surface area contributed by atoms with Crippen molar-refractivity contribution in [2.75, 3.05) is 40.0 Å². The van der Waals surface area contributed by atoms with E-state index in [-0.39, 0.29) is 18.6 Å². The minimum Gasteiger partial charge on any atom is -0.396 e. The van der Waals surface area contributed by atoms with Crippen LogP contribution in [0.25, 0.3) is 0 Å². The lowest BCUT2D eigenvalue weighted by molar-refractivity contribution is 0.161. The lowest BCUT2D eigenvalue weighted by atomic mass is 10.00. The van der Waals surface area contributed by atoms with Crippen LogP contribution in [0.3, 0.4) is 0 Å². The molecule has 0 aromatic rings. The van der Waals surface area contributed by atoms with Gasteiger partial charge in [0.15, 0.2) is 0 Å². The molecule has 2 heterocycles. The molecular formula is C11H22N2O4S. The summed E-state index contributed by atoms with van der Waals surface area (Å²) in [6, 6.07) is -0.0365. The van der Waals surface area contributed by atoms with Crippen LogP contribution >= 0.6 is 0 Å². The van der Waals surface area contributed by atoms with Crippen LogP contribution in [0.1, 0.15) is 19.3 Å². The van der Waals surface area contributed by atoms with E-state index in [1.165, 1.54) is 8.61 Å². The first-order valence-electron chi connectivity index (χ1n) is 6.47. The van der Waals surface area contributed by atoms with Crippen molar-refractivity contribution >= 4 is 10.2 Å². The molecule has 0 saturated carbocycles. The Labute approximate surface area is 109 Å². The number of hydrogen-bond acceptors (Lipinski definition) is 4. The average Bonchev–Trinajstić information content (AvgIpc) is 2.91. The van der Waals surface area contributed by atoms with Crippen LogP contribution in [-0.4, -0.2) is 68.1 Å². The first kappa shape index (κ1) is 14.2. The van der Waals surface area contributed by atoms with Crippen molar-refractivity contribution in [3.63, 3.8) is 0 Å². The van der Waals surface area contributed by atoms with E-state index in [1.54, 1.807) is 7.05 Å². The maximum absolute atomic E-state index is 12.4. The zero-order valence-corrected chi connectivity index (χ0v) is 11.6. The standard InChI is InChI=1S/C11H22N2O4S/c1-12(11-4-7-17-9-11)18(15,16)13-5-2-10(8-14)3-6-13/h10-11,14H,2-9H2,1H3. The van der Waals surface area contributed by atoms with Gasteiger partial charge in [-0.05, 0) is 25.2 Å². The first-order chi connectivity index (χ1) is 8.55. The first-order valence-corrected chi connectivity index (χ1v) is 7.87. The summed E-state index contributed by atoms with van der Waals surface area (Å²) in [5, 5.41) is 9.07. The van der Waals surface area contributed by atoms with E-state index in [9.17, 15) is 8.42 Å². The van der Waals surface area contributed by atoms with Gasteiger partial charge in [-0.3, -0.25) is 0 Å². The van der Waals surface area contributed by atoms with Gasteiger partial charge in [0.2, 0.25) is 0 Å². The second kappa shape index (κ2) is 5.83. The summed E-state index contributed by atoms with van der Waals surface area (Å²) in [4.78, 5) is 0. The lowest BCUT2D eigenvalue weighted by Gasteiger charge is -2.34. The Morgan fingerprint density at radius 2 is 2.00 bits per heavy atom. The van der Waals surface area contributed by atoms with E-state index in [4.69, 9.17) is 9.84 Å². The van der Waals surface area contributed by atoms with Gasteiger partial charge in [0.1, 0.15) is 0 Å². The quantitative estimate of drug-likeness (QED) is 0.763. The van der Waals surface area contributed by atoms with Crippen molar-refractivity contribution in [3.8, 4) is 0 Å². The van der Waals surface area contributed by atoms with Crippen LogP contribution in [0.4, 0.5) is 0 Å². The average molecular weight is 278 g/mol. The third kappa shape index (κ3) is 2.85. The minimum atomic E-state index is -3.37. The molecule has 1 N–H and O–H groups in total. The Bertz CT molecular complexity index is 359. The van der Waals surface area contributed by atoms with E-state index in [1.807, 2.05) is 0 Å². The van der Waals surface area contributed by atoms with Crippen molar-refractivity contribution in [1.29, 1.82) is 0 Å². The van der Waals surface area contributed by atoms with Gasteiger partial charge in [0.05, 0.1) is 12.6 Å². The third-order valence-electron chi connectivity index (χ3n) is 3.94. The molecule has 106 valence electrons. The second-order valence-electron chi connectivity index (χ2n) is 5.07. The second-order valence-corrected chi connectivity index (χ2v) is 7.05. The Hall–Kier alpha value is -0.210. The Morgan fingerprint density at radius 1 is 1.33 bits per heavy atom. The molecule has 0 aliphatic carbocycles. The number of nitrogens with zero attached hydrogens (tertiary/aromatic N) is 2. The number of hydrogen-bond donors (Lipinski definition) is 1. The maximum Gasteiger partial charge on any atom is 0.282 e. The molecule has 1 atom stereocenters. The molecule has 0 spiro atoms. The Morgan fingerprint density at radius 3 is 2.50 bits per heavy atom. The molecule has 6 nitrogen and oxygen atoms in total. The molecule has 2 aliphatic rings. The number of likely N-dealkylation sites (N-methyl/N-ethyl adjacent to an activating group) is 1. The molecule has 1 unspecified atom stereocenters. The molecule has 7 heteroatoms. The zero-order valence-electron chi connectivity index (χ0n) is 10.8. The Kier molecular flexibility index (Phi) is 4.60. The van der Waals surface area contributed by atoms with E-state index in [0.717, 1.165) is 19.3 Å². The molecule has 0 amide bonds. The summed E-state index contributed by atoms with van der Waals surface area (Å²) in [6.07, 6.45) is 2.25. The van der Waals surface area contributed by atoms with E-state index in [0.29, 0.717) is 26.3 Å². The van der Waals surface area contributed by atoms with Gasteiger partial charge < -0.3 is 9.84 Å². The van der Waals surface area contributed by atoms with Crippen molar-refractivity contribution in [3.05, 3.63) is 0 Å². The highest BCUT2D eigenvalue weighted by molar-refractivity contribution is 7.86. The smallest absolute Gasteiger partial charge is 0.282 e. The highest BCUT2D eigenvalue weighted by Gasteiger charge is 2.35. The van der Waals surface area contributed by atoms with Crippen molar-refractivity contribution in [2.24, 2.45) is 5.92 Å². The molecule has 0 aromatic heterocycles. The number of aliphatic hydroxyl groups excluding tert-OH is 1. The fourth-order valence-corrected chi connectivity index (χ4v) is 4.08. The summed E-state index contributed by atoms with van der Waals surface area (Å²) >= 11 is 0. The van der Waals surface area contributed by atoms with Crippen LogP contribution in [-0.2, 0) is 14.9 Å². The van der Waals surface area contributed by atoms with Crippen LogP contribution in [0, 0.1) is 5.92 Å². The van der Waals surface area contributed by atoms with E-state index < -0.39 is 10.2 Å². The van der Waals surface area contributed by atoms with Crippen LogP contribution in [0.2, 0.25) is 0 Å². The predicted molar refractivity (Wildman–Crippen MR) is 67.3 cm³/mol. The Balaban J connectivity index is 1.98. The number of ether oxygens (including phenoxy) is 1. The fourth-order valence-electron chi connectivity index (χ4n) is 2.50. The summed E-state index contributed by atoms with van der Waals surface area (Å²) < 4.78 is 33.0. The lowest BCUT2D eigenvalue weighted by Crippen LogP contribution is -2.49. The van der Waals surface area contributed by atoms with Crippen molar-refractivity contribution in [2.45, 2.75) is 25.3 Å². The van der Waals surface area contributed by atoms with Crippen LogP contribution in [0.5, 0.6) is 0 Å². The highest BCUT2D eigenvalue weighted by Crippen LogP contribution is 2.23. The van der Waals surface area contributed by atoms with Gasteiger partial charge in [0, 0.05) is 33.4 Å². The van der Waals surface area contributed by atoms with Crippen LogP contribution < -0.4 is 0 Å². The molecule has 18 heavy (non-hydrogen) atoms. The molecule has 2 fully saturated rings. The van der Waals surface area contributed by atoms with Gasteiger partial charge in [-0.25, -0.2) is 0 Å². The summed E-state index contributed by atoms with van der Waals surface area (Å²) in [5.41, 5.74) is 0. The summed E-state index contributed by atoms with van der Waals surface area (Å²) in [5.74, 6) is 0.247. The van der Waals surface area contributed by atoms with E-state index >= 15 is 0 Å². The van der Waals surface area contributed by atoms with Gasteiger partial charge >= 0.3 is 0 Å². The monoisotopic (exact) mass is 278 g/mol. The molecule has 0 aromatic carbocycles. The number of aliphatic hydroxyl groups is 1. The normalized spacial score (nSPS) is 28.1. The molecule has 2 saturated heterocycles. The van der Waals surface area contributed by atoms with E-state index in [2.05, 4.69) is 0 Å². The van der Waals surface area contributed by atoms with Crippen LogP contribution in [0.15, 0.2) is 0 Å². The molecule has 2 rings (SSSR count). The molecule has 2 aliphatic heterocycles. The van der Waals surface area contributed by atoms with Gasteiger partial charge in [0.25, 0.3) is 10.2 Å². The SMILES string of the molecule is CN(C1CCOC1)S(=O)(=O)N1CCC(CO)CC1. The molecule has 0 radical (unpaired) electrons. The van der Waals surface area contributed by atoms with Gasteiger partial charge in [-0.2, -0.15) is 17.0 Å². The summed E-state index contributed by atoms with van der Waals surface area (Å²) in [7, 11) is -1.74. The number of piperidine rings is 1. The van der Waals surface area contributed by atoms with Gasteiger partial charge in [-0.15, -0.1) is 0 Å². The van der Waals surface area contributed by atoms with Crippen molar-refractivity contribution in [1.82, 2.24) is 8.61 Å². The largest absolute Gasteiger partial charge is 0.396 e. The topological polar surface area (TPSA) is 70.1 Å². The van der Waals surface area contributed by atoms with Crippen molar-refractivity contribution < 1.29 is 18.3 Å². The predicted octanol–water partition coefficient (Wildman–Crippen LogP) is -0.344. The number of rotatable bonds is 4. The summed E-state index contributed by atoms with van der Waals surface area (Å²) in [6.45, 7) is 2.29. The third-order valence-corrected chi connectivity index (χ3v) is 5.99. The highest BCUT2D eigenvalue weighted by atomic mass is 32.2. The molecule has 0 bridgehead atoms. The fraction of sp³-hybridized carbons (Fsp3) is 1.00. The minimum absolute atomic E-state index is 0.0365. The van der Waals surface area contributed by atoms with Gasteiger partial charge in [-0.1, -0.05) is 0 Å². The maximum atomic E-state index is 12.4. The zero-order chi connectivity index (χ0) is 13.2. The molecular weight excluding hydrogens is 256 g/mol.